The quantitative estimate of drug-likeness (QED) is 0.903. The van der Waals surface area contributed by atoms with Gasteiger partial charge < -0.3 is 9.52 Å². The number of hydrogen-bond donors (Lipinski definition) is 1. The summed E-state index contributed by atoms with van der Waals surface area (Å²) in [6, 6.07) is 5.93. The molecule has 0 aliphatic carbocycles. The second-order valence-electron chi connectivity index (χ2n) is 4.37. The Labute approximate surface area is 105 Å². The van der Waals surface area contributed by atoms with Gasteiger partial charge in [-0.1, -0.05) is 12.1 Å². The van der Waals surface area contributed by atoms with Gasteiger partial charge in [0.15, 0.2) is 5.89 Å². The topological polar surface area (TPSA) is 63.3 Å². The number of aryl methyl sites for hydroxylation is 3. The molecule has 1 heterocycles. The van der Waals surface area contributed by atoms with Gasteiger partial charge in [0.05, 0.1) is 0 Å². The van der Waals surface area contributed by atoms with Gasteiger partial charge in [0.2, 0.25) is 0 Å². The smallest absolute Gasteiger partial charge is 0.311 e. The first-order valence-electron chi connectivity index (χ1n) is 5.73. The van der Waals surface area contributed by atoms with Crippen LogP contribution in [0.2, 0.25) is 0 Å². The number of hydrogen-bond acceptors (Lipinski definition) is 3. The molecule has 0 atom stereocenters. The van der Waals surface area contributed by atoms with Crippen LogP contribution in [-0.4, -0.2) is 16.1 Å². The van der Waals surface area contributed by atoms with Crippen LogP contribution < -0.4 is 0 Å². The highest BCUT2D eigenvalue weighted by molar-refractivity contribution is 5.73. The molecule has 0 aliphatic rings. The molecule has 0 unspecified atom stereocenters. The summed E-state index contributed by atoms with van der Waals surface area (Å²) in [6.45, 7) is 5.77. The van der Waals surface area contributed by atoms with E-state index in [1.807, 2.05) is 32.0 Å². The average molecular weight is 245 g/mol. The van der Waals surface area contributed by atoms with Crippen LogP contribution in [0, 0.1) is 20.8 Å². The van der Waals surface area contributed by atoms with Gasteiger partial charge in [-0.15, -0.1) is 0 Å². The maximum Gasteiger partial charge on any atom is 0.311 e. The predicted octanol–water partition coefficient (Wildman–Crippen LogP) is 2.89. The first-order chi connectivity index (χ1) is 8.47. The predicted molar refractivity (Wildman–Crippen MR) is 67.5 cm³/mol. The molecule has 0 bridgehead atoms. The van der Waals surface area contributed by atoms with Gasteiger partial charge in [-0.3, -0.25) is 4.79 Å². The number of aromatic nitrogens is 1. The van der Waals surface area contributed by atoms with Crippen LogP contribution in [0.25, 0.3) is 11.3 Å². The van der Waals surface area contributed by atoms with E-state index in [0.717, 1.165) is 11.1 Å². The Hall–Kier alpha value is -2.10. The SMILES string of the molecule is Cc1nc(-c2ccc(C)c(C)c2)c(CC(=O)O)o1. The summed E-state index contributed by atoms with van der Waals surface area (Å²) in [5, 5.41) is 8.86. The molecule has 2 aromatic rings. The second-order valence-corrected chi connectivity index (χ2v) is 4.37. The van der Waals surface area contributed by atoms with Gasteiger partial charge in [0.25, 0.3) is 0 Å². The lowest BCUT2D eigenvalue weighted by atomic mass is 10.0. The van der Waals surface area contributed by atoms with Crippen LogP contribution in [0.4, 0.5) is 0 Å². The summed E-state index contributed by atoms with van der Waals surface area (Å²) in [5.74, 6) is -0.0287. The number of carboxylic acid groups (broad SMARTS) is 1. The number of carbonyl (C=O) groups is 1. The van der Waals surface area contributed by atoms with Gasteiger partial charge in [0, 0.05) is 12.5 Å². The number of oxazole rings is 1. The first kappa shape index (κ1) is 12.4. The van der Waals surface area contributed by atoms with Crippen molar-refractivity contribution in [3.8, 4) is 11.3 Å². The number of aliphatic carboxylic acids is 1. The lowest BCUT2D eigenvalue weighted by Gasteiger charge is -2.03. The van der Waals surface area contributed by atoms with E-state index in [9.17, 15) is 4.79 Å². The molecule has 4 heteroatoms. The number of benzene rings is 1. The third kappa shape index (κ3) is 2.42. The van der Waals surface area contributed by atoms with E-state index in [1.165, 1.54) is 5.56 Å². The zero-order chi connectivity index (χ0) is 13.3. The van der Waals surface area contributed by atoms with Crippen LogP contribution in [0.1, 0.15) is 22.8 Å². The Morgan fingerprint density at radius 1 is 1.28 bits per heavy atom. The molecular weight excluding hydrogens is 230 g/mol. The fourth-order valence-electron chi connectivity index (χ4n) is 1.84. The fraction of sp³-hybridized carbons (Fsp3) is 0.286. The Balaban J connectivity index is 2.49. The van der Waals surface area contributed by atoms with E-state index in [2.05, 4.69) is 4.98 Å². The number of rotatable bonds is 3. The van der Waals surface area contributed by atoms with Gasteiger partial charge >= 0.3 is 5.97 Å². The summed E-state index contributed by atoms with van der Waals surface area (Å²) in [5.41, 5.74) is 3.86. The minimum absolute atomic E-state index is 0.150. The molecule has 0 spiro atoms. The summed E-state index contributed by atoms with van der Waals surface area (Å²) in [7, 11) is 0. The fourth-order valence-corrected chi connectivity index (χ4v) is 1.84. The zero-order valence-electron chi connectivity index (χ0n) is 10.7. The zero-order valence-corrected chi connectivity index (χ0v) is 10.7. The molecule has 1 aromatic heterocycles. The Bertz CT molecular complexity index is 599. The molecule has 0 aliphatic heterocycles. The maximum atomic E-state index is 10.8. The van der Waals surface area contributed by atoms with E-state index >= 15 is 0 Å². The van der Waals surface area contributed by atoms with Crippen molar-refractivity contribution in [2.75, 3.05) is 0 Å². The van der Waals surface area contributed by atoms with E-state index in [4.69, 9.17) is 9.52 Å². The average Bonchev–Trinajstić information content (AvgIpc) is 2.62. The molecule has 0 saturated heterocycles. The standard InChI is InChI=1S/C14H15NO3/c1-8-4-5-11(6-9(8)2)14-12(7-13(16)17)18-10(3)15-14/h4-6H,7H2,1-3H3,(H,16,17). The van der Waals surface area contributed by atoms with Crippen LogP contribution >= 0.6 is 0 Å². The van der Waals surface area contributed by atoms with Crippen LogP contribution in [0.3, 0.4) is 0 Å². The Morgan fingerprint density at radius 3 is 2.61 bits per heavy atom. The molecule has 0 amide bonds. The molecular formula is C14H15NO3. The van der Waals surface area contributed by atoms with Gasteiger partial charge in [-0.2, -0.15) is 0 Å². The van der Waals surface area contributed by atoms with Gasteiger partial charge in [-0.05, 0) is 31.0 Å². The highest BCUT2D eigenvalue weighted by atomic mass is 16.4. The first-order valence-corrected chi connectivity index (χ1v) is 5.73. The minimum Gasteiger partial charge on any atom is -0.481 e. The molecule has 4 nitrogen and oxygen atoms in total. The molecule has 94 valence electrons. The summed E-state index contributed by atoms with van der Waals surface area (Å²) < 4.78 is 5.36. The van der Waals surface area contributed by atoms with E-state index in [-0.39, 0.29) is 6.42 Å². The normalized spacial score (nSPS) is 10.6. The summed E-state index contributed by atoms with van der Waals surface area (Å²) in [6.07, 6.45) is -0.150. The highest BCUT2D eigenvalue weighted by Crippen LogP contribution is 2.26. The Kier molecular flexibility index (Phi) is 3.19. The van der Waals surface area contributed by atoms with Crippen molar-refractivity contribution < 1.29 is 14.3 Å². The molecule has 1 N–H and O–H groups in total. The van der Waals surface area contributed by atoms with Crippen molar-refractivity contribution in [3.63, 3.8) is 0 Å². The van der Waals surface area contributed by atoms with E-state index < -0.39 is 5.97 Å². The maximum absolute atomic E-state index is 10.8. The van der Waals surface area contributed by atoms with E-state index in [0.29, 0.717) is 17.3 Å². The third-order valence-corrected chi connectivity index (χ3v) is 2.90. The van der Waals surface area contributed by atoms with Gasteiger partial charge in [-0.25, -0.2) is 4.98 Å². The van der Waals surface area contributed by atoms with Crippen molar-refractivity contribution in [3.05, 3.63) is 41.0 Å². The van der Waals surface area contributed by atoms with Gasteiger partial charge in [0.1, 0.15) is 17.9 Å². The lowest BCUT2D eigenvalue weighted by Crippen LogP contribution is -2.00. The largest absolute Gasteiger partial charge is 0.481 e. The number of nitrogens with zero attached hydrogens (tertiary/aromatic N) is 1. The van der Waals surface area contributed by atoms with E-state index in [1.54, 1.807) is 6.92 Å². The summed E-state index contributed by atoms with van der Waals surface area (Å²) in [4.78, 5) is 15.1. The number of carboxylic acids is 1. The molecule has 0 radical (unpaired) electrons. The van der Waals surface area contributed by atoms with Crippen molar-refractivity contribution in [2.24, 2.45) is 0 Å². The Morgan fingerprint density at radius 2 is 2.00 bits per heavy atom. The summed E-state index contributed by atoms with van der Waals surface area (Å²) >= 11 is 0. The highest BCUT2D eigenvalue weighted by Gasteiger charge is 2.16. The minimum atomic E-state index is -0.920. The van der Waals surface area contributed by atoms with Crippen LogP contribution in [0.15, 0.2) is 22.6 Å². The third-order valence-electron chi connectivity index (χ3n) is 2.90. The van der Waals surface area contributed by atoms with Crippen LogP contribution in [0.5, 0.6) is 0 Å². The lowest BCUT2D eigenvalue weighted by molar-refractivity contribution is -0.136. The van der Waals surface area contributed by atoms with Crippen molar-refractivity contribution in [1.82, 2.24) is 4.98 Å². The van der Waals surface area contributed by atoms with Crippen molar-refractivity contribution in [1.29, 1.82) is 0 Å². The molecule has 0 fully saturated rings. The van der Waals surface area contributed by atoms with Crippen molar-refractivity contribution >= 4 is 5.97 Å². The molecule has 1 aromatic carbocycles. The van der Waals surface area contributed by atoms with Crippen LogP contribution in [-0.2, 0) is 11.2 Å². The molecule has 2 rings (SSSR count). The monoisotopic (exact) mass is 245 g/mol. The molecule has 18 heavy (non-hydrogen) atoms. The second kappa shape index (κ2) is 4.64. The van der Waals surface area contributed by atoms with Crippen molar-refractivity contribution in [2.45, 2.75) is 27.2 Å². The molecule has 0 saturated carbocycles.